The van der Waals surface area contributed by atoms with Gasteiger partial charge in [0.15, 0.2) is 0 Å². The molecular weight excluding hydrogens is 432 g/mol. The molecule has 0 N–H and O–H groups in total. The number of benzene rings is 2. The second kappa shape index (κ2) is 12.5. The summed E-state index contributed by atoms with van der Waals surface area (Å²) >= 11 is 0. The molecule has 2 rings (SSSR count). The quantitative estimate of drug-likeness (QED) is 0.271. The van der Waals surface area contributed by atoms with E-state index in [0.717, 1.165) is 0 Å². The van der Waals surface area contributed by atoms with Crippen LogP contribution in [-0.2, 0) is 29.9 Å². The van der Waals surface area contributed by atoms with Crippen molar-refractivity contribution in [3.05, 3.63) is 72.8 Å². The van der Waals surface area contributed by atoms with Crippen LogP contribution in [0, 0.1) is 0 Å². The van der Waals surface area contributed by atoms with Crippen LogP contribution >= 0.6 is 0 Å². The molecule has 0 fully saturated rings. The van der Waals surface area contributed by atoms with Crippen molar-refractivity contribution in [2.24, 2.45) is 0 Å². The van der Waals surface area contributed by atoms with E-state index in [9.17, 15) is 13.8 Å². The van der Waals surface area contributed by atoms with Crippen LogP contribution in [-0.4, -0.2) is 42.6 Å². The maximum Gasteiger partial charge on any atom is 0.333 e. The van der Waals surface area contributed by atoms with Crippen molar-refractivity contribution >= 4 is 22.7 Å². The standard InChI is InChI=1S/C24H26O7S/c1-17(2)23(25)30-15-13-28-19-5-9-21(10-6-19)32(27)22-11-7-20(8-12-22)29-14-16-31-24(26)18(3)4/h5-12H,1,3,13-16H2,2,4H3. The Labute approximate surface area is 190 Å². The first kappa shape index (κ1) is 24.9. The summed E-state index contributed by atoms with van der Waals surface area (Å²) in [5.41, 5.74) is 0.668. The van der Waals surface area contributed by atoms with Crippen LogP contribution in [0.4, 0.5) is 0 Å². The fourth-order valence-electron chi connectivity index (χ4n) is 2.29. The second-order valence-corrected chi connectivity index (χ2v) is 8.22. The molecule has 0 bridgehead atoms. The van der Waals surface area contributed by atoms with Crippen LogP contribution in [0.1, 0.15) is 13.8 Å². The molecule has 32 heavy (non-hydrogen) atoms. The van der Waals surface area contributed by atoms with Crippen LogP contribution in [0.5, 0.6) is 11.5 Å². The Morgan fingerprint density at radius 1 is 0.688 bits per heavy atom. The van der Waals surface area contributed by atoms with Gasteiger partial charge in [-0.1, -0.05) is 13.2 Å². The summed E-state index contributed by atoms with van der Waals surface area (Å²) < 4.78 is 33.7. The van der Waals surface area contributed by atoms with Gasteiger partial charge in [-0.2, -0.15) is 0 Å². The second-order valence-electron chi connectivity index (χ2n) is 6.74. The zero-order valence-electron chi connectivity index (χ0n) is 18.1. The van der Waals surface area contributed by atoms with Crippen LogP contribution in [0.25, 0.3) is 0 Å². The first-order chi connectivity index (χ1) is 15.3. The summed E-state index contributed by atoms with van der Waals surface area (Å²) in [5, 5.41) is 0. The number of hydrogen-bond acceptors (Lipinski definition) is 7. The summed E-state index contributed by atoms with van der Waals surface area (Å²) in [5.74, 6) is 0.241. The lowest BCUT2D eigenvalue weighted by molar-refractivity contribution is -0.140. The third-order valence-electron chi connectivity index (χ3n) is 3.94. The highest BCUT2D eigenvalue weighted by molar-refractivity contribution is 7.85. The van der Waals surface area contributed by atoms with Crippen molar-refractivity contribution in [2.75, 3.05) is 26.4 Å². The number of ether oxygens (including phenoxy) is 4. The Morgan fingerprint density at radius 2 is 1.03 bits per heavy atom. The van der Waals surface area contributed by atoms with Crippen molar-refractivity contribution in [1.29, 1.82) is 0 Å². The molecule has 0 aromatic heterocycles. The van der Waals surface area contributed by atoms with E-state index in [4.69, 9.17) is 18.9 Å². The molecule has 7 nitrogen and oxygen atoms in total. The van der Waals surface area contributed by atoms with Gasteiger partial charge in [-0.25, -0.2) is 13.8 Å². The van der Waals surface area contributed by atoms with Gasteiger partial charge in [-0.05, 0) is 62.4 Å². The Morgan fingerprint density at radius 3 is 1.34 bits per heavy atom. The molecular formula is C24H26O7S. The maximum absolute atomic E-state index is 12.8. The van der Waals surface area contributed by atoms with E-state index in [1.165, 1.54) is 0 Å². The summed E-state index contributed by atoms with van der Waals surface area (Å²) in [6.45, 7) is 10.8. The lowest BCUT2D eigenvalue weighted by Crippen LogP contribution is -2.12. The molecule has 0 saturated carbocycles. The molecule has 0 atom stereocenters. The highest BCUT2D eigenvalue weighted by atomic mass is 32.2. The topological polar surface area (TPSA) is 88.1 Å². The maximum atomic E-state index is 12.8. The van der Waals surface area contributed by atoms with Gasteiger partial charge in [-0.3, -0.25) is 0 Å². The lowest BCUT2D eigenvalue weighted by Gasteiger charge is -2.09. The highest BCUT2D eigenvalue weighted by Gasteiger charge is 2.09. The third-order valence-corrected chi connectivity index (χ3v) is 5.34. The number of rotatable bonds is 12. The van der Waals surface area contributed by atoms with Gasteiger partial charge in [0.1, 0.15) is 37.9 Å². The average Bonchev–Trinajstić information content (AvgIpc) is 2.79. The van der Waals surface area contributed by atoms with E-state index in [0.29, 0.717) is 32.4 Å². The van der Waals surface area contributed by atoms with E-state index < -0.39 is 22.7 Å². The fraction of sp³-hybridized carbons (Fsp3) is 0.250. The first-order valence-electron chi connectivity index (χ1n) is 9.80. The summed E-state index contributed by atoms with van der Waals surface area (Å²) in [4.78, 5) is 23.8. The molecule has 0 heterocycles. The van der Waals surface area contributed by atoms with Crippen molar-refractivity contribution in [3.63, 3.8) is 0 Å². The predicted molar refractivity (Wildman–Crippen MR) is 120 cm³/mol. The minimum absolute atomic E-state index is 0.115. The Bertz CT molecular complexity index is 899. The molecule has 0 unspecified atom stereocenters. The highest BCUT2D eigenvalue weighted by Crippen LogP contribution is 2.22. The van der Waals surface area contributed by atoms with Gasteiger partial charge >= 0.3 is 11.9 Å². The molecule has 0 radical (unpaired) electrons. The number of esters is 2. The summed E-state index contributed by atoms with van der Waals surface area (Å²) in [6, 6.07) is 13.7. The SMILES string of the molecule is C=C(C)C(=O)OCCOc1ccc(S(=O)c2ccc(OCCOC(=O)C(=C)C)cc2)cc1. The van der Waals surface area contributed by atoms with Crippen molar-refractivity contribution < 1.29 is 32.7 Å². The van der Waals surface area contributed by atoms with Gasteiger partial charge in [0.25, 0.3) is 0 Å². The van der Waals surface area contributed by atoms with E-state index >= 15 is 0 Å². The van der Waals surface area contributed by atoms with Gasteiger partial charge in [-0.15, -0.1) is 0 Å². The number of carbonyl (C=O) groups is 2. The lowest BCUT2D eigenvalue weighted by atomic mass is 10.3. The predicted octanol–water partition coefficient (Wildman–Crippen LogP) is 3.85. The van der Waals surface area contributed by atoms with Crippen LogP contribution < -0.4 is 9.47 Å². The minimum Gasteiger partial charge on any atom is -0.490 e. The molecule has 2 aromatic carbocycles. The van der Waals surface area contributed by atoms with Crippen LogP contribution in [0.3, 0.4) is 0 Å². The fourth-order valence-corrected chi connectivity index (χ4v) is 3.33. The average molecular weight is 459 g/mol. The molecule has 0 aliphatic rings. The van der Waals surface area contributed by atoms with Crippen LogP contribution in [0.2, 0.25) is 0 Å². The molecule has 0 aliphatic carbocycles. The molecule has 0 amide bonds. The zero-order valence-corrected chi connectivity index (χ0v) is 18.9. The van der Waals surface area contributed by atoms with Crippen molar-refractivity contribution in [2.45, 2.75) is 23.6 Å². The smallest absolute Gasteiger partial charge is 0.333 e. The van der Waals surface area contributed by atoms with Crippen molar-refractivity contribution in [1.82, 2.24) is 0 Å². The van der Waals surface area contributed by atoms with E-state index in [1.54, 1.807) is 62.4 Å². The summed E-state index contributed by atoms with van der Waals surface area (Å²) in [6.07, 6.45) is 0. The van der Waals surface area contributed by atoms with Crippen molar-refractivity contribution in [3.8, 4) is 11.5 Å². The van der Waals surface area contributed by atoms with E-state index in [2.05, 4.69) is 13.2 Å². The largest absolute Gasteiger partial charge is 0.490 e. The zero-order chi connectivity index (χ0) is 23.5. The molecule has 0 aliphatic heterocycles. The molecule has 0 saturated heterocycles. The monoisotopic (exact) mass is 458 g/mol. The van der Waals surface area contributed by atoms with E-state index in [1.807, 2.05) is 0 Å². The van der Waals surface area contributed by atoms with Gasteiger partial charge in [0.2, 0.25) is 0 Å². The van der Waals surface area contributed by atoms with Crippen LogP contribution in [0.15, 0.2) is 82.6 Å². The van der Waals surface area contributed by atoms with E-state index in [-0.39, 0.29) is 26.4 Å². The van der Waals surface area contributed by atoms with Gasteiger partial charge in [0, 0.05) is 20.9 Å². The molecule has 8 heteroatoms. The number of carbonyl (C=O) groups excluding carboxylic acids is 2. The first-order valence-corrected chi connectivity index (χ1v) is 11.0. The minimum atomic E-state index is -1.37. The Kier molecular flexibility index (Phi) is 9.69. The molecule has 2 aromatic rings. The number of hydrogen-bond donors (Lipinski definition) is 0. The Hall–Kier alpha value is -3.39. The van der Waals surface area contributed by atoms with Gasteiger partial charge in [0.05, 0.1) is 10.8 Å². The van der Waals surface area contributed by atoms with Gasteiger partial charge < -0.3 is 18.9 Å². The third kappa shape index (κ3) is 8.03. The molecule has 170 valence electrons. The summed E-state index contributed by atoms with van der Waals surface area (Å²) in [7, 11) is -1.37. The Balaban J connectivity index is 1.81. The molecule has 0 spiro atoms. The normalized spacial score (nSPS) is 10.3.